The molecule has 0 aromatic heterocycles. The summed E-state index contributed by atoms with van der Waals surface area (Å²) in [4.78, 5) is 36.9. The van der Waals surface area contributed by atoms with Crippen LogP contribution in [0, 0.1) is 11.8 Å². The van der Waals surface area contributed by atoms with Crippen molar-refractivity contribution in [3.05, 3.63) is 35.9 Å². The molecule has 0 bridgehead atoms. The minimum absolute atomic E-state index is 0.310. The van der Waals surface area contributed by atoms with Gasteiger partial charge in [0.05, 0.1) is 25.7 Å². The number of benzene rings is 1. The van der Waals surface area contributed by atoms with Crippen molar-refractivity contribution in [3.8, 4) is 0 Å². The topological polar surface area (TPSA) is 89.9 Å². The molecular weight excluding hydrogens is 300 g/mol. The lowest BCUT2D eigenvalue weighted by Crippen LogP contribution is -2.55. The number of rotatable bonds is 3. The van der Waals surface area contributed by atoms with Gasteiger partial charge >= 0.3 is 11.9 Å². The summed E-state index contributed by atoms with van der Waals surface area (Å²) in [6.07, 6.45) is -0.310. The van der Waals surface area contributed by atoms with Crippen LogP contribution in [-0.4, -0.2) is 42.6 Å². The highest BCUT2D eigenvalue weighted by atomic mass is 16.5. The monoisotopic (exact) mass is 320 g/mol. The van der Waals surface area contributed by atoms with E-state index >= 15 is 0 Å². The molecule has 2 rings (SSSR count). The smallest absolute Gasteiger partial charge is 0.316 e. The number of hydrogen-bond acceptors (Lipinski definition) is 6. The summed E-state index contributed by atoms with van der Waals surface area (Å²) >= 11 is 0. The van der Waals surface area contributed by atoms with E-state index in [0.29, 0.717) is 5.56 Å². The Morgan fingerprint density at radius 2 is 1.70 bits per heavy atom. The molecule has 1 saturated carbocycles. The lowest BCUT2D eigenvalue weighted by Gasteiger charge is -2.43. The van der Waals surface area contributed by atoms with E-state index in [1.807, 2.05) is 0 Å². The first-order valence-corrected chi connectivity index (χ1v) is 7.29. The number of ketones is 1. The van der Waals surface area contributed by atoms with Crippen molar-refractivity contribution in [1.29, 1.82) is 0 Å². The van der Waals surface area contributed by atoms with Crippen LogP contribution in [0.3, 0.4) is 0 Å². The second kappa shape index (κ2) is 6.50. The normalized spacial score (nSPS) is 30.6. The Morgan fingerprint density at radius 1 is 1.13 bits per heavy atom. The molecule has 0 saturated heterocycles. The van der Waals surface area contributed by atoms with Crippen molar-refractivity contribution in [2.45, 2.75) is 24.9 Å². The minimum Gasteiger partial charge on any atom is -0.469 e. The highest BCUT2D eigenvalue weighted by Gasteiger charge is 2.56. The number of Topliss-reactive ketones (excluding diaryl/α,β-unsaturated/α-hetero) is 1. The van der Waals surface area contributed by atoms with Gasteiger partial charge in [0.1, 0.15) is 5.92 Å². The fourth-order valence-electron chi connectivity index (χ4n) is 3.34. The number of ether oxygens (including phenoxy) is 2. The number of esters is 2. The van der Waals surface area contributed by atoms with Crippen LogP contribution in [0.25, 0.3) is 0 Å². The molecule has 124 valence electrons. The molecule has 0 aliphatic heterocycles. The molecule has 1 N–H and O–H groups in total. The van der Waals surface area contributed by atoms with E-state index in [-0.39, 0.29) is 6.42 Å². The van der Waals surface area contributed by atoms with Gasteiger partial charge in [-0.15, -0.1) is 0 Å². The average molecular weight is 320 g/mol. The van der Waals surface area contributed by atoms with Gasteiger partial charge in [-0.25, -0.2) is 0 Å². The number of aliphatic hydroxyl groups is 1. The first kappa shape index (κ1) is 17.1. The van der Waals surface area contributed by atoms with Gasteiger partial charge in [0.15, 0.2) is 5.78 Å². The average Bonchev–Trinajstić information content (AvgIpc) is 2.52. The Labute approximate surface area is 134 Å². The van der Waals surface area contributed by atoms with Gasteiger partial charge in [0.25, 0.3) is 0 Å². The number of carbonyl (C=O) groups excluding carboxylic acids is 3. The number of hydrogen-bond donors (Lipinski definition) is 1. The molecular formula is C17H20O6. The van der Waals surface area contributed by atoms with Gasteiger partial charge in [-0.3, -0.25) is 14.4 Å². The third-order valence-corrected chi connectivity index (χ3v) is 4.36. The van der Waals surface area contributed by atoms with Crippen LogP contribution < -0.4 is 0 Å². The van der Waals surface area contributed by atoms with E-state index in [4.69, 9.17) is 9.47 Å². The van der Waals surface area contributed by atoms with E-state index in [9.17, 15) is 19.5 Å². The van der Waals surface area contributed by atoms with Crippen LogP contribution in [0.2, 0.25) is 0 Å². The molecule has 4 atom stereocenters. The number of methoxy groups -OCH3 is 2. The zero-order valence-electron chi connectivity index (χ0n) is 13.3. The maximum absolute atomic E-state index is 12.4. The fraction of sp³-hybridized carbons (Fsp3) is 0.471. The Hall–Kier alpha value is -2.21. The van der Waals surface area contributed by atoms with Crippen molar-refractivity contribution >= 4 is 17.7 Å². The molecule has 6 nitrogen and oxygen atoms in total. The van der Waals surface area contributed by atoms with Gasteiger partial charge in [-0.2, -0.15) is 0 Å². The van der Waals surface area contributed by atoms with Crippen LogP contribution in [0.5, 0.6) is 0 Å². The molecule has 1 aliphatic carbocycles. The molecule has 0 amide bonds. The van der Waals surface area contributed by atoms with Crippen LogP contribution in [0.1, 0.15) is 24.8 Å². The molecule has 0 heterocycles. The van der Waals surface area contributed by atoms with Crippen molar-refractivity contribution in [2.24, 2.45) is 11.8 Å². The number of carbonyl (C=O) groups is 3. The van der Waals surface area contributed by atoms with Gasteiger partial charge in [-0.1, -0.05) is 30.3 Å². The van der Waals surface area contributed by atoms with E-state index in [1.165, 1.54) is 21.1 Å². The van der Waals surface area contributed by atoms with Gasteiger partial charge in [0.2, 0.25) is 0 Å². The molecule has 0 radical (unpaired) electrons. The predicted octanol–water partition coefficient (Wildman–Crippen LogP) is 1.07. The standard InChI is InChI=1S/C17H20O6/c1-17(21)9-11(18)13(15(19)22-2)12(14(17)16(20)23-3)10-7-5-4-6-8-10/h4-8,12-14,21H,9H2,1-3H3/t12-,13+,14-,17-/m1/s1. The van der Waals surface area contributed by atoms with Gasteiger partial charge in [-0.05, 0) is 12.5 Å². The molecule has 23 heavy (non-hydrogen) atoms. The molecule has 1 aromatic carbocycles. The maximum Gasteiger partial charge on any atom is 0.316 e. The first-order chi connectivity index (χ1) is 10.8. The molecule has 6 heteroatoms. The predicted molar refractivity (Wildman–Crippen MR) is 80.4 cm³/mol. The minimum atomic E-state index is -1.60. The van der Waals surface area contributed by atoms with Crippen LogP contribution >= 0.6 is 0 Å². The Bertz CT molecular complexity index is 607. The second-order valence-electron chi connectivity index (χ2n) is 5.94. The first-order valence-electron chi connectivity index (χ1n) is 7.29. The molecule has 0 unspecified atom stereocenters. The fourth-order valence-corrected chi connectivity index (χ4v) is 3.34. The summed E-state index contributed by atoms with van der Waals surface area (Å²) in [5.41, 5.74) is -0.999. The van der Waals surface area contributed by atoms with E-state index in [1.54, 1.807) is 30.3 Å². The largest absolute Gasteiger partial charge is 0.469 e. The lowest BCUT2D eigenvalue weighted by molar-refractivity contribution is -0.170. The lowest BCUT2D eigenvalue weighted by atomic mass is 9.62. The summed E-state index contributed by atoms with van der Waals surface area (Å²) < 4.78 is 9.56. The van der Waals surface area contributed by atoms with E-state index in [0.717, 1.165) is 0 Å². The van der Waals surface area contributed by atoms with Crippen molar-refractivity contribution < 1.29 is 29.0 Å². The molecule has 1 fully saturated rings. The summed E-state index contributed by atoms with van der Waals surface area (Å²) in [5, 5.41) is 10.6. The maximum atomic E-state index is 12.4. The van der Waals surface area contributed by atoms with Crippen LogP contribution in [0.4, 0.5) is 0 Å². The Morgan fingerprint density at radius 3 is 2.22 bits per heavy atom. The van der Waals surface area contributed by atoms with Crippen LogP contribution in [0.15, 0.2) is 30.3 Å². The highest BCUT2D eigenvalue weighted by molar-refractivity contribution is 6.02. The zero-order valence-corrected chi connectivity index (χ0v) is 13.3. The highest BCUT2D eigenvalue weighted by Crippen LogP contribution is 2.46. The summed E-state index contributed by atoms with van der Waals surface area (Å²) in [5.74, 6) is -4.86. The zero-order chi connectivity index (χ0) is 17.2. The van der Waals surface area contributed by atoms with Crippen molar-refractivity contribution in [2.75, 3.05) is 14.2 Å². The van der Waals surface area contributed by atoms with Gasteiger partial charge < -0.3 is 14.6 Å². The Kier molecular flexibility index (Phi) is 4.85. The van der Waals surface area contributed by atoms with Crippen molar-refractivity contribution in [1.82, 2.24) is 0 Å². The Balaban J connectivity index is 2.61. The van der Waals surface area contributed by atoms with Gasteiger partial charge in [0, 0.05) is 12.3 Å². The summed E-state index contributed by atoms with van der Waals surface area (Å²) in [7, 11) is 2.40. The van der Waals surface area contributed by atoms with E-state index in [2.05, 4.69) is 0 Å². The van der Waals surface area contributed by atoms with E-state index < -0.39 is 41.1 Å². The molecule has 1 aromatic rings. The summed E-state index contributed by atoms with van der Waals surface area (Å²) in [6.45, 7) is 1.41. The quantitative estimate of drug-likeness (QED) is 0.662. The summed E-state index contributed by atoms with van der Waals surface area (Å²) in [6, 6.07) is 8.70. The molecule has 0 spiro atoms. The SMILES string of the molecule is COC(=O)[C@H]1C(=O)C[C@@](C)(O)[C@@H](C(=O)OC)[C@@H]1c1ccccc1. The second-order valence-corrected chi connectivity index (χ2v) is 5.94. The molecule has 1 aliphatic rings. The third-order valence-electron chi connectivity index (χ3n) is 4.36. The van der Waals surface area contributed by atoms with Crippen LogP contribution in [-0.2, 0) is 23.9 Å². The van der Waals surface area contributed by atoms with Crippen molar-refractivity contribution in [3.63, 3.8) is 0 Å². The third kappa shape index (κ3) is 3.12.